The molecule has 0 aromatic heterocycles. The summed E-state index contributed by atoms with van der Waals surface area (Å²) in [5.41, 5.74) is 1.48. The van der Waals surface area contributed by atoms with E-state index in [-0.39, 0.29) is 0 Å². The van der Waals surface area contributed by atoms with Crippen LogP contribution in [-0.2, 0) is 0 Å². The third-order valence-electron chi connectivity index (χ3n) is 2.47. The Morgan fingerprint density at radius 1 is 1.08 bits per heavy atom. The highest BCUT2D eigenvalue weighted by Gasteiger charge is 2.11. The number of benzene rings is 1. The molecule has 0 heteroatoms. The monoisotopic (exact) mass is 162 g/mol. The normalized spacial score (nSPS) is 13.3. The van der Waals surface area contributed by atoms with Crippen LogP contribution in [0, 0.1) is 5.92 Å². The van der Waals surface area contributed by atoms with Gasteiger partial charge in [0, 0.05) is 0 Å². The molecule has 1 rings (SSSR count). The van der Waals surface area contributed by atoms with Crippen LogP contribution in [0.25, 0.3) is 0 Å². The summed E-state index contributed by atoms with van der Waals surface area (Å²) < 4.78 is 0. The van der Waals surface area contributed by atoms with Crippen molar-refractivity contribution in [2.75, 3.05) is 0 Å². The van der Waals surface area contributed by atoms with Gasteiger partial charge >= 0.3 is 0 Å². The maximum absolute atomic E-state index is 2.29. The highest BCUT2D eigenvalue weighted by Crippen LogP contribution is 2.26. The van der Waals surface area contributed by atoms with Gasteiger partial charge in [-0.05, 0) is 23.8 Å². The van der Waals surface area contributed by atoms with Crippen LogP contribution in [0.1, 0.15) is 38.7 Å². The molecule has 1 atom stereocenters. The molecular weight excluding hydrogens is 144 g/mol. The minimum Gasteiger partial charge on any atom is -0.0648 e. The second-order valence-electron chi connectivity index (χ2n) is 3.67. The topological polar surface area (TPSA) is 0 Å². The van der Waals surface area contributed by atoms with Crippen molar-refractivity contribution in [2.45, 2.75) is 33.1 Å². The zero-order chi connectivity index (χ0) is 8.97. The third-order valence-corrected chi connectivity index (χ3v) is 2.47. The number of hydrogen-bond acceptors (Lipinski definition) is 0. The summed E-state index contributed by atoms with van der Waals surface area (Å²) in [6.07, 6.45) is 1.24. The largest absolute Gasteiger partial charge is 0.0648 e. The second-order valence-corrected chi connectivity index (χ2v) is 3.67. The van der Waals surface area contributed by atoms with E-state index >= 15 is 0 Å². The quantitative estimate of drug-likeness (QED) is 0.633. The average molecular weight is 162 g/mol. The zero-order valence-corrected chi connectivity index (χ0v) is 8.25. The van der Waals surface area contributed by atoms with E-state index < -0.39 is 0 Å². The molecule has 0 aliphatic carbocycles. The Kier molecular flexibility index (Phi) is 3.33. The van der Waals surface area contributed by atoms with E-state index in [0.717, 1.165) is 11.8 Å². The lowest BCUT2D eigenvalue weighted by Crippen LogP contribution is -2.04. The van der Waals surface area contributed by atoms with Crippen molar-refractivity contribution < 1.29 is 0 Å². The summed E-state index contributed by atoms with van der Waals surface area (Å²) in [5, 5.41) is 0. The van der Waals surface area contributed by atoms with Crippen molar-refractivity contribution >= 4 is 0 Å². The van der Waals surface area contributed by atoms with Crippen molar-refractivity contribution in [1.29, 1.82) is 0 Å². The van der Waals surface area contributed by atoms with Gasteiger partial charge in [-0.3, -0.25) is 0 Å². The molecule has 0 heterocycles. The SMILES string of the molecule is CC[C@H](c1ccccc1)C(C)C. The summed E-state index contributed by atoms with van der Waals surface area (Å²) in [5.74, 6) is 1.48. The number of rotatable bonds is 3. The summed E-state index contributed by atoms with van der Waals surface area (Å²) in [4.78, 5) is 0. The molecule has 0 aliphatic heterocycles. The van der Waals surface area contributed by atoms with E-state index in [1.807, 2.05) is 0 Å². The van der Waals surface area contributed by atoms with Crippen molar-refractivity contribution in [3.05, 3.63) is 35.9 Å². The molecule has 0 saturated carbocycles. The Hall–Kier alpha value is -0.780. The molecule has 0 unspecified atom stereocenters. The first-order chi connectivity index (χ1) is 5.75. The lowest BCUT2D eigenvalue weighted by atomic mass is 9.86. The first kappa shape index (κ1) is 9.31. The molecule has 1 aromatic carbocycles. The summed E-state index contributed by atoms with van der Waals surface area (Å²) in [6, 6.07) is 10.8. The van der Waals surface area contributed by atoms with Crippen LogP contribution < -0.4 is 0 Å². The van der Waals surface area contributed by atoms with Gasteiger partial charge in [0.05, 0.1) is 0 Å². The highest BCUT2D eigenvalue weighted by molar-refractivity contribution is 5.19. The van der Waals surface area contributed by atoms with Gasteiger partial charge in [-0.25, -0.2) is 0 Å². The third kappa shape index (κ3) is 2.10. The number of hydrogen-bond donors (Lipinski definition) is 0. The fourth-order valence-corrected chi connectivity index (χ4v) is 1.79. The van der Waals surface area contributed by atoms with E-state index in [0.29, 0.717) is 0 Å². The van der Waals surface area contributed by atoms with E-state index in [1.54, 1.807) is 0 Å². The first-order valence-corrected chi connectivity index (χ1v) is 4.80. The van der Waals surface area contributed by atoms with Gasteiger partial charge in [0.25, 0.3) is 0 Å². The molecule has 0 nitrogen and oxygen atoms in total. The molecule has 0 aliphatic rings. The Morgan fingerprint density at radius 2 is 1.67 bits per heavy atom. The minimum absolute atomic E-state index is 0.728. The van der Waals surface area contributed by atoms with Crippen molar-refractivity contribution in [3.8, 4) is 0 Å². The van der Waals surface area contributed by atoms with Crippen LogP contribution >= 0.6 is 0 Å². The molecular formula is C12H18. The minimum atomic E-state index is 0.728. The van der Waals surface area contributed by atoms with Gasteiger partial charge in [-0.1, -0.05) is 51.1 Å². The lowest BCUT2D eigenvalue weighted by molar-refractivity contribution is 0.485. The average Bonchev–Trinajstić information content (AvgIpc) is 2.07. The van der Waals surface area contributed by atoms with E-state index in [4.69, 9.17) is 0 Å². The molecule has 0 saturated heterocycles. The van der Waals surface area contributed by atoms with Gasteiger partial charge in [0.1, 0.15) is 0 Å². The summed E-state index contributed by atoms with van der Waals surface area (Å²) in [6.45, 7) is 6.85. The van der Waals surface area contributed by atoms with Crippen molar-refractivity contribution in [3.63, 3.8) is 0 Å². The predicted molar refractivity (Wildman–Crippen MR) is 54.3 cm³/mol. The molecule has 66 valence electrons. The maximum Gasteiger partial charge on any atom is -0.0141 e. The van der Waals surface area contributed by atoms with Gasteiger partial charge in [-0.15, -0.1) is 0 Å². The van der Waals surface area contributed by atoms with Crippen LogP contribution in [0.15, 0.2) is 30.3 Å². The van der Waals surface area contributed by atoms with Crippen LogP contribution in [0.5, 0.6) is 0 Å². The fraction of sp³-hybridized carbons (Fsp3) is 0.500. The maximum atomic E-state index is 2.29. The summed E-state index contributed by atoms with van der Waals surface area (Å²) >= 11 is 0. The van der Waals surface area contributed by atoms with Gasteiger partial charge in [0.15, 0.2) is 0 Å². The molecule has 0 spiro atoms. The Labute approximate surface area is 75.6 Å². The van der Waals surface area contributed by atoms with E-state index in [1.165, 1.54) is 12.0 Å². The molecule has 1 aromatic rings. The molecule has 12 heavy (non-hydrogen) atoms. The lowest BCUT2D eigenvalue weighted by Gasteiger charge is -2.18. The first-order valence-electron chi connectivity index (χ1n) is 4.80. The fourth-order valence-electron chi connectivity index (χ4n) is 1.79. The van der Waals surface area contributed by atoms with E-state index in [9.17, 15) is 0 Å². The Bertz CT molecular complexity index is 211. The van der Waals surface area contributed by atoms with Crippen LogP contribution in [0.2, 0.25) is 0 Å². The molecule has 0 bridgehead atoms. The van der Waals surface area contributed by atoms with Gasteiger partial charge in [-0.2, -0.15) is 0 Å². The zero-order valence-electron chi connectivity index (χ0n) is 8.25. The van der Waals surface area contributed by atoms with Gasteiger partial charge < -0.3 is 0 Å². The predicted octanol–water partition coefficient (Wildman–Crippen LogP) is 3.84. The standard InChI is InChI=1S/C12H18/c1-4-12(10(2)3)11-8-6-5-7-9-11/h5-10,12H,4H2,1-3H3/t12-/m0/s1. The van der Waals surface area contributed by atoms with Crippen molar-refractivity contribution in [2.24, 2.45) is 5.92 Å². The smallest absolute Gasteiger partial charge is 0.0141 e. The highest BCUT2D eigenvalue weighted by atomic mass is 14.2. The molecule has 0 amide bonds. The van der Waals surface area contributed by atoms with Gasteiger partial charge in [0.2, 0.25) is 0 Å². The van der Waals surface area contributed by atoms with E-state index in [2.05, 4.69) is 51.1 Å². The van der Waals surface area contributed by atoms with Crippen LogP contribution in [0.3, 0.4) is 0 Å². The van der Waals surface area contributed by atoms with Crippen molar-refractivity contribution in [1.82, 2.24) is 0 Å². The Morgan fingerprint density at radius 3 is 2.08 bits per heavy atom. The molecule has 0 fully saturated rings. The molecule has 0 N–H and O–H groups in total. The Balaban J connectivity index is 2.80. The second kappa shape index (κ2) is 4.30. The van der Waals surface area contributed by atoms with Crippen LogP contribution in [-0.4, -0.2) is 0 Å². The summed E-state index contributed by atoms with van der Waals surface area (Å²) in [7, 11) is 0. The molecule has 0 radical (unpaired) electrons. The van der Waals surface area contributed by atoms with Crippen LogP contribution in [0.4, 0.5) is 0 Å².